The monoisotopic (exact) mass is 306 g/mol. The molecule has 0 aliphatic carbocycles. The van der Waals surface area contributed by atoms with E-state index >= 15 is 0 Å². The molecule has 3 heteroatoms. The van der Waals surface area contributed by atoms with Gasteiger partial charge < -0.3 is 4.42 Å². The molecule has 0 spiro atoms. The highest BCUT2D eigenvalue weighted by atomic mass is 79.9. The van der Waals surface area contributed by atoms with Gasteiger partial charge in [0.1, 0.15) is 0 Å². The molecule has 1 aromatic carbocycles. The lowest BCUT2D eigenvalue weighted by molar-refractivity contribution is 0.101. The number of furan rings is 1. The van der Waals surface area contributed by atoms with Crippen LogP contribution in [-0.2, 0) is 0 Å². The highest BCUT2D eigenvalue weighted by Gasteiger charge is 2.19. The zero-order valence-electron chi connectivity index (χ0n) is 10.9. The van der Waals surface area contributed by atoms with Gasteiger partial charge in [-0.3, -0.25) is 4.79 Å². The maximum atomic E-state index is 12.5. The van der Waals surface area contributed by atoms with Crippen LogP contribution in [0.3, 0.4) is 0 Å². The van der Waals surface area contributed by atoms with Crippen molar-refractivity contribution in [3.8, 4) is 0 Å². The van der Waals surface area contributed by atoms with Crippen molar-refractivity contribution in [1.82, 2.24) is 0 Å². The number of benzene rings is 1. The lowest BCUT2D eigenvalue weighted by atomic mass is 9.91. The summed E-state index contributed by atoms with van der Waals surface area (Å²) in [6.45, 7) is 8.01. The van der Waals surface area contributed by atoms with Gasteiger partial charge >= 0.3 is 0 Å². The number of halogens is 1. The molecule has 2 aromatic rings. The molecular weight excluding hydrogens is 292 g/mol. The van der Waals surface area contributed by atoms with Gasteiger partial charge in [-0.2, -0.15) is 0 Å². The van der Waals surface area contributed by atoms with E-state index in [1.54, 1.807) is 12.1 Å². The molecule has 0 saturated carbocycles. The first-order valence-corrected chi connectivity index (χ1v) is 6.58. The standard InChI is InChI=1S/C15H15BrO2/c1-8-7-9(2)11(4)14(10(8)3)15(17)12-5-6-13(16)18-12/h5-7H,1-4H3. The summed E-state index contributed by atoms with van der Waals surface area (Å²) >= 11 is 3.22. The molecule has 0 amide bonds. The Bertz CT molecular complexity index is 597. The van der Waals surface area contributed by atoms with E-state index in [4.69, 9.17) is 4.42 Å². The summed E-state index contributed by atoms with van der Waals surface area (Å²) < 4.78 is 5.93. The number of carbonyl (C=O) groups is 1. The second kappa shape index (κ2) is 4.73. The molecule has 94 valence electrons. The first-order valence-electron chi connectivity index (χ1n) is 5.79. The maximum Gasteiger partial charge on any atom is 0.228 e. The maximum absolute atomic E-state index is 12.5. The number of aryl methyl sites for hydroxylation is 2. The van der Waals surface area contributed by atoms with Crippen LogP contribution in [0, 0.1) is 27.7 Å². The second-order valence-electron chi connectivity index (χ2n) is 4.57. The van der Waals surface area contributed by atoms with Gasteiger partial charge in [0.25, 0.3) is 0 Å². The predicted molar refractivity (Wildman–Crippen MR) is 75.2 cm³/mol. The molecular formula is C15H15BrO2. The van der Waals surface area contributed by atoms with E-state index in [1.165, 1.54) is 0 Å². The van der Waals surface area contributed by atoms with Crippen molar-refractivity contribution < 1.29 is 9.21 Å². The van der Waals surface area contributed by atoms with Crippen LogP contribution in [0.25, 0.3) is 0 Å². The first kappa shape index (κ1) is 13.1. The van der Waals surface area contributed by atoms with Crippen LogP contribution in [-0.4, -0.2) is 5.78 Å². The van der Waals surface area contributed by atoms with Crippen molar-refractivity contribution in [2.45, 2.75) is 27.7 Å². The Balaban J connectivity index is 2.61. The van der Waals surface area contributed by atoms with E-state index in [2.05, 4.69) is 22.0 Å². The highest BCUT2D eigenvalue weighted by Crippen LogP contribution is 2.25. The van der Waals surface area contributed by atoms with Gasteiger partial charge in [0.05, 0.1) is 0 Å². The Hall–Kier alpha value is -1.35. The summed E-state index contributed by atoms with van der Waals surface area (Å²) in [5.74, 6) is 0.320. The third-order valence-electron chi connectivity index (χ3n) is 3.39. The average Bonchev–Trinajstić information content (AvgIpc) is 2.73. The normalized spacial score (nSPS) is 10.7. The number of hydrogen-bond donors (Lipinski definition) is 0. The molecule has 0 radical (unpaired) electrons. The summed E-state index contributed by atoms with van der Waals surface area (Å²) in [6, 6.07) is 5.54. The van der Waals surface area contributed by atoms with E-state index in [9.17, 15) is 4.79 Å². The minimum absolute atomic E-state index is 0.0532. The van der Waals surface area contributed by atoms with E-state index in [0.717, 1.165) is 27.8 Å². The quantitative estimate of drug-likeness (QED) is 0.764. The number of rotatable bonds is 2. The van der Waals surface area contributed by atoms with Gasteiger partial charge in [-0.05, 0) is 78.0 Å². The molecule has 1 heterocycles. The molecule has 0 fully saturated rings. The lowest BCUT2D eigenvalue weighted by Crippen LogP contribution is -2.08. The summed E-state index contributed by atoms with van der Waals surface area (Å²) in [6.07, 6.45) is 0. The van der Waals surface area contributed by atoms with Crippen LogP contribution < -0.4 is 0 Å². The fourth-order valence-electron chi connectivity index (χ4n) is 2.12. The molecule has 0 unspecified atom stereocenters. The van der Waals surface area contributed by atoms with E-state index in [0.29, 0.717) is 10.4 Å². The van der Waals surface area contributed by atoms with E-state index < -0.39 is 0 Å². The van der Waals surface area contributed by atoms with Crippen LogP contribution in [0.1, 0.15) is 38.4 Å². The lowest BCUT2D eigenvalue weighted by Gasteiger charge is -2.13. The van der Waals surface area contributed by atoms with Gasteiger partial charge in [-0.1, -0.05) is 6.07 Å². The van der Waals surface area contributed by atoms with E-state index in [-0.39, 0.29) is 5.78 Å². The van der Waals surface area contributed by atoms with Crippen molar-refractivity contribution in [3.63, 3.8) is 0 Å². The third kappa shape index (κ3) is 2.15. The smallest absolute Gasteiger partial charge is 0.228 e. The van der Waals surface area contributed by atoms with E-state index in [1.807, 2.05) is 27.7 Å². The first-order chi connectivity index (χ1) is 8.41. The minimum Gasteiger partial charge on any atom is -0.446 e. The predicted octanol–water partition coefficient (Wildman–Crippen LogP) is 4.51. The summed E-state index contributed by atoms with van der Waals surface area (Å²) in [5, 5.41) is 0. The molecule has 0 N–H and O–H groups in total. The number of carbonyl (C=O) groups excluding carboxylic acids is 1. The van der Waals surface area contributed by atoms with Crippen molar-refractivity contribution >= 4 is 21.7 Å². The summed E-state index contributed by atoms with van der Waals surface area (Å²) in [5.41, 5.74) is 5.07. The fraction of sp³-hybridized carbons (Fsp3) is 0.267. The Morgan fingerprint density at radius 3 is 2.06 bits per heavy atom. The molecule has 18 heavy (non-hydrogen) atoms. The average molecular weight is 307 g/mol. The zero-order chi connectivity index (χ0) is 13.4. The van der Waals surface area contributed by atoms with Crippen LogP contribution in [0.5, 0.6) is 0 Å². The molecule has 1 aromatic heterocycles. The zero-order valence-corrected chi connectivity index (χ0v) is 12.5. The van der Waals surface area contributed by atoms with Crippen molar-refractivity contribution in [3.05, 3.63) is 56.4 Å². The van der Waals surface area contributed by atoms with Crippen molar-refractivity contribution in [2.75, 3.05) is 0 Å². The van der Waals surface area contributed by atoms with Gasteiger partial charge in [0, 0.05) is 5.56 Å². The highest BCUT2D eigenvalue weighted by molar-refractivity contribution is 9.10. The van der Waals surface area contributed by atoms with Crippen LogP contribution in [0.15, 0.2) is 27.3 Å². The fourth-order valence-corrected chi connectivity index (χ4v) is 2.42. The largest absolute Gasteiger partial charge is 0.446 e. The number of hydrogen-bond acceptors (Lipinski definition) is 2. The van der Waals surface area contributed by atoms with Gasteiger partial charge in [0.15, 0.2) is 10.4 Å². The molecule has 0 saturated heterocycles. The Morgan fingerprint density at radius 2 is 1.61 bits per heavy atom. The molecule has 0 atom stereocenters. The second-order valence-corrected chi connectivity index (χ2v) is 5.35. The minimum atomic E-state index is -0.0532. The Morgan fingerprint density at radius 1 is 1.06 bits per heavy atom. The molecule has 2 nitrogen and oxygen atoms in total. The van der Waals surface area contributed by atoms with Crippen molar-refractivity contribution in [1.29, 1.82) is 0 Å². The topological polar surface area (TPSA) is 30.2 Å². The van der Waals surface area contributed by atoms with Crippen LogP contribution >= 0.6 is 15.9 Å². The molecule has 0 aliphatic heterocycles. The van der Waals surface area contributed by atoms with Gasteiger partial charge in [-0.15, -0.1) is 0 Å². The summed E-state index contributed by atoms with van der Waals surface area (Å²) in [7, 11) is 0. The van der Waals surface area contributed by atoms with Gasteiger partial charge in [-0.25, -0.2) is 0 Å². The SMILES string of the molecule is Cc1cc(C)c(C)c(C(=O)c2ccc(Br)o2)c1C. The van der Waals surface area contributed by atoms with Crippen LogP contribution in [0.4, 0.5) is 0 Å². The Kier molecular flexibility index (Phi) is 3.44. The Labute approximate surface area is 115 Å². The molecule has 2 rings (SSSR count). The van der Waals surface area contributed by atoms with Gasteiger partial charge in [0.2, 0.25) is 5.78 Å². The molecule has 0 aliphatic rings. The molecule has 0 bridgehead atoms. The number of ketones is 1. The third-order valence-corrected chi connectivity index (χ3v) is 3.82. The van der Waals surface area contributed by atoms with Crippen LogP contribution in [0.2, 0.25) is 0 Å². The summed E-state index contributed by atoms with van der Waals surface area (Å²) in [4.78, 5) is 12.5. The van der Waals surface area contributed by atoms with Crippen molar-refractivity contribution in [2.24, 2.45) is 0 Å².